The standard InChI is InChI=1S/C21H25N3O4S/c1-10(2)27-20(25)16-12(5)22-13(6)17(21(26)29-11(3)4)18(16)14-8-7-9-15-19(14)24-28-23-15/h7-11,18,22H,1-6H3. The van der Waals surface area contributed by atoms with Crippen molar-refractivity contribution in [3.63, 3.8) is 0 Å². The molecule has 1 aliphatic rings. The Kier molecular flexibility index (Phi) is 6.12. The monoisotopic (exact) mass is 415 g/mol. The van der Waals surface area contributed by atoms with Gasteiger partial charge >= 0.3 is 5.97 Å². The molecule has 1 aromatic heterocycles. The number of carbonyl (C=O) groups is 2. The summed E-state index contributed by atoms with van der Waals surface area (Å²) in [5.41, 5.74) is 4.05. The van der Waals surface area contributed by atoms with E-state index in [9.17, 15) is 9.59 Å². The number of ether oxygens (including phenoxy) is 1. The fraction of sp³-hybridized carbons (Fsp3) is 0.429. The number of nitrogens with one attached hydrogen (secondary N) is 1. The number of rotatable bonds is 5. The van der Waals surface area contributed by atoms with E-state index in [4.69, 9.17) is 9.37 Å². The molecule has 8 heteroatoms. The Balaban J connectivity index is 2.23. The lowest BCUT2D eigenvalue weighted by atomic mass is 9.80. The Morgan fingerprint density at radius 3 is 2.45 bits per heavy atom. The molecular weight excluding hydrogens is 390 g/mol. The molecule has 154 valence electrons. The largest absolute Gasteiger partial charge is 0.460 e. The number of hydrogen-bond acceptors (Lipinski definition) is 8. The van der Waals surface area contributed by atoms with Crippen molar-refractivity contribution in [2.75, 3.05) is 0 Å². The average molecular weight is 416 g/mol. The van der Waals surface area contributed by atoms with E-state index in [-0.39, 0.29) is 16.5 Å². The second-order valence-corrected chi connectivity index (χ2v) is 9.07. The molecule has 2 heterocycles. The molecule has 0 aliphatic carbocycles. The van der Waals surface area contributed by atoms with E-state index in [0.717, 1.165) is 0 Å². The van der Waals surface area contributed by atoms with E-state index in [1.807, 2.05) is 39.8 Å². The number of hydrogen-bond donors (Lipinski definition) is 1. The molecule has 0 bridgehead atoms. The summed E-state index contributed by atoms with van der Waals surface area (Å²) >= 11 is 1.23. The van der Waals surface area contributed by atoms with Crippen LogP contribution in [0.4, 0.5) is 0 Å². The van der Waals surface area contributed by atoms with Crippen molar-refractivity contribution >= 4 is 33.9 Å². The van der Waals surface area contributed by atoms with Crippen LogP contribution in [0, 0.1) is 0 Å². The maximum atomic E-state index is 13.2. The Bertz CT molecular complexity index is 976. The van der Waals surface area contributed by atoms with Gasteiger partial charge in [0.15, 0.2) is 0 Å². The van der Waals surface area contributed by atoms with Crippen LogP contribution in [0.3, 0.4) is 0 Å². The van der Waals surface area contributed by atoms with Crippen molar-refractivity contribution < 1.29 is 19.0 Å². The molecular formula is C21H25N3O4S. The van der Waals surface area contributed by atoms with Crippen LogP contribution in [0.1, 0.15) is 53.0 Å². The summed E-state index contributed by atoms with van der Waals surface area (Å²) in [4.78, 5) is 26.3. The number of thioether (sulfide) groups is 1. The Labute approximate surface area is 173 Å². The van der Waals surface area contributed by atoms with E-state index in [2.05, 4.69) is 15.6 Å². The average Bonchev–Trinajstić information content (AvgIpc) is 3.08. The number of allylic oxidation sites excluding steroid dienone is 2. The van der Waals surface area contributed by atoms with E-state index in [1.54, 1.807) is 19.9 Å². The zero-order chi connectivity index (χ0) is 21.3. The molecule has 1 unspecified atom stereocenters. The minimum absolute atomic E-state index is 0.0918. The first-order valence-corrected chi connectivity index (χ1v) is 10.4. The van der Waals surface area contributed by atoms with Crippen molar-refractivity contribution in [1.29, 1.82) is 0 Å². The summed E-state index contributed by atoms with van der Waals surface area (Å²) in [5, 5.41) is 11.1. The summed E-state index contributed by atoms with van der Waals surface area (Å²) in [7, 11) is 0. The normalized spacial score (nSPS) is 17.3. The van der Waals surface area contributed by atoms with Crippen LogP contribution in [-0.2, 0) is 14.3 Å². The molecule has 1 aliphatic heterocycles. The first-order chi connectivity index (χ1) is 13.7. The van der Waals surface area contributed by atoms with Gasteiger partial charge in [0, 0.05) is 22.2 Å². The lowest BCUT2D eigenvalue weighted by Crippen LogP contribution is -2.32. The molecule has 29 heavy (non-hydrogen) atoms. The second-order valence-electron chi connectivity index (χ2n) is 7.52. The number of aromatic nitrogens is 2. The van der Waals surface area contributed by atoms with Gasteiger partial charge in [-0.3, -0.25) is 4.79 Å². The summed E-state index contributed by atoms with van der Waals surface area (Å²) in [5.74, 6) is -1.09. The number of fused-ring (bicyclic) bond motifs is 1. The van der Waals surface area contributed by atoms with E-state index < -0.39 is 11.9 Å². The lowest BCUT2D eigenvalue weighted by Gasteiger charge is -2.31. The molecule has 0 amide bonds. The molecule has 0 saturated carbocycles. The smallest absolute Gasteiger partial charge is 0.337 e. The number of esters is 1. The third-order valence-corrected chi connectivity index (χ3v) is 5.42. The fourth-order valence-electron chi connectivity index (χ4n) is 3.46. The van der Waals surface area contributed by atoms with E-state index in [0.29, 0.717) is 39.1 Å². The maximum absolute atomic E-state index is 13.2. The fourth-order valence-corrected chi connectivity index (χ4v) is 4.29. The van der Waals surface area contributed by atoms with Crippen molar-refractivity contribution in [2.45, 2.75) is 58.8 Å². The van der Waals surface area contributed by atoms with Gasteiger partial charge in [-0.1, -0.05) is 37.7 Å². The molecule has 3 rings (SSSR count). The molecule has 0 radical (unpaired) electrons. The Morgan fingerprint density at radius 2 is 1.79 bits per heavy atom. The SMILES string of the molecule is CC1=C(C(=O)OC(C)C)C(c2cccc3nonc23)C(C(=O)SC(C)C)=C(C)N1. The van der Waals surface area contributed by atoms with Crippen molar-refractivity contribution in [2.24, 2.45) is 0 Å². The molecule has 0 fully saturated rings. The van der Waals surface area contributed by atoms with Crippen LogP contribution in [0.2, 0.25) is 0 Å². The van der Waals surface area contributed by atoms with Crippen LogP contribution < -0.4 is 5.32 Å². The third-order valence-electron chi connectivity index (χ3n) is 4.51. The Hall–Kier alpha value is -2.61. The van der Waals surface area contributed by atoms with Crippen LogP contribution in [0.5, 0.6) is 0 Å². The van der Waals surface area contributed by atoms with Crippen molar-refractivity contribution in [3.8, 4) is 0 Å². The molecule has 7 nitrogen and oxygen atoms in total. The molecule has 1 aromatic carbocycles. The molecule has 0 saturated heterocycles. The minimum Gasteiger partial charge on any atom is -0.460 e. The van der Waals surface area contributed by atoms with E-state index in [1.165, 1.54) is 11.8 Å². The highest BCUT2D eigenvalue weighted by molar-refractivity contribution is 8.14. The van der Waals surface area contributed by atoms with Gasteiger partial charge in [0.1, 0.15) is 11.0 Å². The van der Waals surface area contributed by atoms with Crippen molar-refractivity contribution in [1.82, 2.24) is 15.6 Å². The topological polar surface area (TPSA) is 94.3 Å². The zero-order valence-electron chi connectivity index (χ0n) is 17.4. The molecule has 1 N–H and O–H groups in total. The van der Waals surface area contributed by atoms with Gasteiger partial charge in [-0.15, -0.1) is 0 Å². The zero-order valence-corrected chi connectivity index (χ0v) is 18.2. The maximum Gasteiger partial charge on any atom is 0.337 e. The first kappa shape index (κ1) is 21.1. The van der Waals surface area contributed by atoms with Crippen LogP contribution >= 0.6 is 11.8 Å². The quantitative estimate of drug-likeness (QED) is 0.730. The van der Waals surface area contributed by atoms with Crippen molar-refractivity contribution in [3.05, 3.63) is 46.3 Å². The predicted octanol–water partition coefficient (Wildman–Crippen LogP) is 4.08. The molecule has 1 atom stereocenters. The van der Waals surface area contributed by atoms with Gasteiger partial charge in [-0.2, -0.15) is 0 Å². The van der Waals surface area contributed by atoms with Gasteiger partial charge in [0.05, 0.1) is 17.6 Å². The van der Waals surface area contributed by atoms with Gasteiger partial charge in [0.25, 0.3) is 0 Å². The first-order valence-electron chi connectivity index (χ1n) is 9.52. The summed E-state index contributed by atoms with van der Waals surface area (Å²) in [6, 6.07) is 5.44. The van der Waals surface area contributed by atoms with Gasteiger partial charge in [0.2, 0.25) is 5.12 Å². The van der Waals surface area contributed by atoms with Gasteiger partial charge in [-0.25, -0.2) is 9.42 Å². The second kappa shape index (κ2) is 8.41. The highest BCUT2D eigenvalue weighted by Crippen LogP contribution is 2.43. The van der Waals surface area contributed by atoms with Gasteiger partial charge < -0.3 is 10.1 Å². The summed E-state index contributed by atoms with van der Waals surface area (Å²) < 4.78 is 10.4. The number of nitrogens with zero attached hydrogens (tertiary/aromatic N) is 2. The summed E-state index contributed by atoms with van der Waals surface area (Å²) in [6.07, 6.45) is -0.288. The van der Waals surface area contributed by atoms with Crippen LogP contribution in [0.15, 0.2) is 45.4 Å². The third kappa shape index (κ3) is 4.22. The molecule has 0 spiro atoms. The Morgan fingerprint density at radius 1 is 1.10 bits per heavy atom. The number of dihydropyridines is 1. The highest BCUT2D eigenvalue weighted by atomic mass is 32.2. The minimum atomic E-state index is -0.628. The number of carbonyl (C=O) groups excluding carboxylic acids is 2. The predicted molar refractivity (Wildman–Crippen MR) is 112 cm³/mol. The highest BCUT2D eigenvalue weighted by Gasteiger charge is 2.39. The van der Waals surface area contributed by atoms with Crippen LogP contribution in [0.25, 0.3) is 11.0 Å². The van der Waals surface area contributed by atoms with E-state index >= 15 is 0 Å². The lowest BCUT2D eigenvalue weighted by molar-refractivity contribution is -0.143. The number of benzene rings is 1. The van der Waals surface area contributed by atoms with Crippen LogP contribution in [-0.4, -0.2) is 32.8 Å². The molecule has 2 aromatic rings. The summed E-state index contributed by atoms with van der Waals surface area (Å²) in [6.45, 7) is 11.2. The van der Waals surface area contributed by atoms with Gasteiger partial charge in [-0.05, 0) is 49.6 Å².